The number of nitrogens with zero attached hydrogens (tertiary/aromatic N) is 5. The third kappa shape index (κ3) is 5.08. The van der Waals surface area contributed by atoms with E-state index >= 15 is 0 Å². The number of rotatable bonds is 7. The van der Waals surface area contributed by atoms with Crippen LogP contribution < -0.4 is 5.32 Å². The van der Waals surface area contributed by atoms with Gasteiger partial charge in [0.05, 0.1) is 18.1 Å². The van der Waals surface area contributed by atoms with Crippen molar-refractivity contribution in [2.24, 2.45) is 10.2 Å². The van der Waals surface area contributed by atoms with Gasteiger partial charge in [0, 0.05) is 23.4 Å². The number of amidine groups is 1. The molecule has 166 valence electrons. The Hall–Kier alpha value is -2.57. The van der Waals surface area contributed by atoms with Crippen molar-refractivity contribution < 1.29 is 14.3 Å². The summed E-state index contributed by atoms with van der Waals surface area (Å²) in [6.07, 6.45) is 2.83. The van der Waals surface area contributed by atoms with Crippen LogP contribution in [0.2, 0.25) is 0 Å². The molecule has 1 aromatic carbocycles. The molecule has 2 aromatic heterocycles. The Balaban J connectivity index is 1.57. The van der Waals surface area contributed by atoms with Crippen LogP contribution in [0.3, 0.4) is 0 Å². The fourth-order valence-electron chi connectivity index (χ4n) is 2.97. The summed E-state index contributed by atoms with van der Waals surface area (Å²) in [6, 6.07) is 7.85. The molecule has 0 aliphatic carbocycles. The lowest BCUT2D eigenvalue weighted by atomic mass is 10.1. The highest BCUT2D eigenvalue weighted by Crippen LogP contribution is 2.28. The maximum Gasteiger partial charge on any atom is 0.302 e. The molecule has 9 nitrogen and oxygen atoms in total. The van der Waals surface area contributed by atoms with Crippen LogP contribution in [0, 0.1) is 0 Å². The van der Waals surface area contributed by atoms with Crippen molar-refractivity contribution in [2.45, 2.75) is 31.9 Å². The van der Waals surface area contributed by atoms with E-state index in [-0.39, 0.29) is 23.7 Å². The predicted octanol–water partition coefficient (Wildman–Crippen LogP) is 3.66. The number of carbonyl (C=O) groups excluding carboxylic acids is 2. The number of nitrogens with one attached hydrogen (secondary N) is 1. The molecule has 1 atom stereocenters. The number of ether oxygens (including phenoxy) is 1. The third-order valence-corrected chi connectivity index (χ3v) is 7.21. The number of benzene rings is 1. The molecular weight excluding hydrogens is 516 g/mol. The number of thioether (sulfide) groups is 1. The molecule has 32 heavy (non-hydrogen) atoms. The summed E-state index contributed by atoms with van der Waals surface area (Å²) < 4.78 is 7.66. The minimum absolute atomic E-state index is 0.175. The Bertz CT molecular complexity index is 1220. The number of aromatic nitrogens is 3. The van der Waals surface area contributed by atoms with Gasteiger partial charge in [-0.3, -0.25) is 9.59 Å². The molecule has 1 N–H and O–H groups in total. The van der Waals surface area contributed by atoms with Crippen LogP contribution in [0.15, 0.2) is 38.9 Å². The highest BCUT2D eigenvalue weighted by molar-refractivity contribution is 9.10. The van der Waals surface area contributed by atoms with Crippen LogP contribution in [-0.2, 0) is 20.7 Å². The van der Waals surface area contributed by atoms with E-state index < -0.39 is 0 Å². The molecule has 4 rings (SSSR count). The van der Waals surface area contributed by atoms with Gasteiger partial charge in [-0.2, -0.15) is 10.2 Å². The monoisotopic (exact) mass is 534 g/mol. The molecular formula is C20H19BrN6O3S2. The van der Waals surface area contributed by atoms with Gasteiger partial charge in [-0.1, -0.05) is 58.1 Å². The number of hydrogen-bond donors (Lipinski definition) is 1. The second-order valence-corrected chi connectivity index (χ2v) is 9.92. The quantitative estimate of drug-likeness (QED) is 0.281. The molecule has 1 unspecified atom stereocenters. The number of imidazole rings is 1. The lowest BCUT2D eigenvalue weighted by Gasteiger charge is -2.04. The first kappa shape index (κ1) is 22.6. The Morgan fingerprint density at radius 2 is 2.16 bits per heavy atom. The Morgan fingerprint density at radius 3 is 2.88 bits per heavy atom. The number of aryl methyl sites for hydroxylation is 1. The summed E-state index contributed by atoms with van der Waals surface area (Å²) >= 11 is 6.25. The Kier molecular flexibility index (Phi) is 7.01. The first-order valence-corrected chi connectivity index (χ1v) is 12.3. The summed E-state index contributed by atoms with van der Waals surface area (Å²) in [5.74, 6) is -0.542. The first-order chi connectivity index (χ1) is 15.4. The van der Waals surface area contributed by atoms with Crippen LogP contribution in [-0.4, -0.2) is 49.7 Å². The molecule has 1 saturated heterocycles. The summed E-state index contributed by atoms with van der Waals surface area (Å²) in [6.45, 7) is 3.57. The lowest BCUT2D eigenvalue weighted by Crippen LogP contribution is -2.25. The van der Waals surface area contributed by atoms with Crippen molar-refractivity contribution in [1.29, 1.82) is 0 Å². The molecule has 3 aromatic rings. The third-order valence-electron chi connectivity index (χ3n) is 4.49. The second kappa shape index (κ2) is 9.92. The van der Waals surface area contributed by atoms with Gasteiger partial charge in [-0.15, -0.1) is 5.10 Å². The standard InChI is InChI=1S/C20H19BrN6O3S2/c1-3-16-26-27-14(17(23-20(27)32-16)12-4-6-13(21)7-5-12)10-22-25-19-24-18(29)15(31-19)8-9-30-11(2)28/h4-7,10,15H,3,8-9H2,1-2H3,(H,24,25,29)/b22-10+. The van der Waals surface area contributed by atoms with Gasteiger partial charge in [-0.05, 0) is 18.6 Å². The minimum Gasteiger partial charge on any atom is -0.466 e. The fraction of sp³-hybridized carbons (Fsp3) is 0.300. The molecule has 0 radical (unpaired) electrons. The van der Waals surface area contributed by atoms with Crippen LogP contribution in [0.1, 0.15) is 31.0 Å². The van der Waals surface area contributed by atoms with Gasteiger partial charge in [0.2, 0.25) is 10.9 Å². The zero-order valence-corrected chi connectivity index (χ0v) is 20.5. The van der Waals surface area contributed by atoms with E-state index in [1.165, 1.54) is 30.0 Å². The number of esters is 1. The molecule has 12 heteroatoms. The number of fused-ring (bicyclic) bond motifs is 1. The second-order valence-electron chi connectivity index (χ2n) is 6.77. The van der Waals surface area contributed by atoms with Gasteiger partial charge in [0.25, 0.3) is 0 Å². The smallest absolute Gasteiger partial charge is 0.302 e. The van der Waals surface area contributed by atoms with E-state index in [9.17, 15) is 9.59 Å². The predicted molar refractivity (Wildman–Crippen MR) is 129 cm³/mol. The largest absolute Gasteiger partial charge is 0.466 e. The van der Waals surface area contributed by atoms with Crippen molar-refractivity contribution >= 4 is 67.2 Å². The zero-order valence-electron chi connectivity index (χ0n) is 17.2. The SMILES string of the molecule is CCc1nn2c(/C=N/N=C3/NC(=O)C(CCOC(C)=O)S3)c(-c3ccc(Br)cc3)nc2s1. The normalized spacial score (nSPS) is 17.5. The molecule has 3 heterocycles. The number of amides is 1. The maximum absolute atomic E-state index is 12.1. The molecule has 0 saturated carbocycles. The Labute approximate surface area is 200 Å². The van der Waals surface area contributed by atoms with E-state index in [4.69, 9.17) is 9.72 Å². The average molecular weight is 535 g/mol. The maximum atomic E-state index is 12.1. The van der Waals surface area contributed by atoms with E-state index in [1.807, 2.05) is 31.2 Å². The van der Waals surface area contributed by atoms with Crippen LogP contribution in [0.5, 0.6) is 0 Å². The van der Waals surface area contributed by atoms with Gasteiger partial charge < -0.3 is 10.1 Å². The van der Waals surface area contributed by atoms with Crippen molar-refractivity contribution in [2.75, 3.05) is 6.61 Å². The fourth-order valence-corrected chi connectivity index (χ4v) is 4.98. The summed E-state index contributed by atoms with van der Waals surface area (Å²) in [4.78, 5) is 28.5. The summed E-state index contributed by atoms with van der Waals surface area (Å²) in [5, 5.41) is 16.7. The van der Waals surface area contributed by atoms with E-state index in [0.29, 0.717) is 17.3 Å². The highest BCUT2D eigenvalue weighted by Gasteiger charge is 2.30. The molecule has 1 aliphatic rings. The van der Waals surface area contributed by atoms with Crippen LogP contribution in [0.4, 0.5) is 0 Å². The molecule has 0 bridgehead atoms. The van der Waals surface area contributed by atoms with Crippen molar-refractivity contribution in [1.82, 2.24) is 19.9 Å². The van der Waals surface area contributed by atoms with E-state index in [1.54, 1.807) is 10.7 Å². The topological polar surface area (TPSA) is 110 Å². The minimum atomic E-state index is -0.367. The highest BCUT2D eigenvalue weighted by atomic mass is 79.9. The van der Waals surface area contributed by atoms with Crippen molar-refractivity contribution in [3.05, 3.63) is 39.4 Å². The lowest BCUT2D eigenvalue weighted by molar-refractivity contribution is -0.141. The summed E-state index contributed by atoms with van der Waals surface area (Å²) in [7, 11) is 0. The van der Waals surface area contributed by atoms with Gasteiger partial charge in [0.1, 0.15) is 16.4 Å². The number of hydrogen-bond acceptors (Lipinski definition) is 9. The van der Waals surface area contributed by atoms with Crippen LogP contribution >= 0.6 is 39.0 Å². The average Bonchev–Trinajstić information content (AvgIpc) is 3.42. The molecule has 1 amide bonds. The zero-order chi connectivity index (χ0) is 22.7. The molecule has 1 aliphatic heterocycles. The van der Waals surface area contributed by atoms with Gasteiger partial charge >= 0.3 is 5.97 Å². The van der Waals surface area contributed by atoms with Gasteiger partial charge in [-0.25, -0.2) is 9.50 Å². The van der Waals surface area contributed by atoms with Crippen molar-refractivity contribution in [3.8, 4) is 11.3 Å². The summed E-state index contributed by atoms with van der Waals surface area (Å²) in [5.41, 5.74) is 2.40. The first-order valence-electron chi connectivity index (χ1n) is 9.81. The van der Waals surface area contributed by atoms with Crippen LogP contribution in [0.25, 0.3) is 16.2 Å². The van der Waals surface area contributed by atoms with E-state index in [0.717, 1.165) is 32.1 Å². The Morgan fingerprint density at radius 1 is 1.38 bits per heavy atom. The number of carbonyl (C=O) groups is 2. The number of halogens is 1. The molecule has 0 spiro atoms. The van der Waals surface area contributed by atoms with Gasteiger partial charge in [0.15, 0.2) is 5.17 Å². The van der Waals surface area contributed by atoms with E-state index in [2.05, 4.69) is 36.5 Å². The van der Waals surface area contributed by atoms with Crippen molar-refractivity contribution in [3.63, 3.8) is 0 Å². The molecule has 1 fully saturated rings.